The molecule has 2 saturated heterocycles. The number of amides is 2. The van der Waals surface area contributed by atoms with Crippen LogP contribution < -0.4 is 0 Å². The van der Waals surface area contributed by atoms with Crippen molar-refractivity contribution in [3.05, 3.63) is 65.2 Å². The van der Waals surface area contributed by atoms with Crippen molar-refractivity contribution in [1.29, 1.82) is 0 Å². The zero-order valence-electron chi connectivity index (χ0n) is 17.6. The van der Waals surface area contributed by atoms with Crippen LogP contribution in [-0.4, -0.2) is 60.8 Å². The van der Waals surface area contributed by atoms with Crippen LogP contribution in [0.5, 0.6) is 0 Å². The molecular weight excluding hydrogens is 398 g/mol. The smallest absolute Gasteiger partial charge is 0.320 e. The lowest BCUT2D eigenvalue weighted by molar-refractivity contribution is 0.153. The molecule has 0 saturated carbocycles. The lowest BCUT2D eigenvalue weighted by Crippen LogP contribution is -2.48. The van der Waals surface area contributed by atoms with Crippen LogP contribution in [0.1, 0.15) is 29.5 Å². The number of sulfonamides is 1. The van der Waals surface area contributed by atoms with Gasteiger partial charge in [0.15, 0.2) is 0 Å². The Morgan fingerprint density at radius 2 is 1.63 bits per heavy atom. The minimum atomic E-state index is -3.50. The van der Waals surface area contributed by atoms with E-state index in [1.807, 2.05) is 66.1 Å². The monoisotopic (exact) mass is 427 g/mol. The van der Waals surface area contributed by atoms with E-state index < -0.39 is 10.0 Å². The Hall–Kier alpha value is -2.38. The molecule has 0 radical (unpaired) electrons. The van der Waals surface area contributed by atoms with Crippen molar-refractivity contribution in [2.75, 3.05) is 26.2 Å². The molecule has 6 nitrogen and oxygen atoms in total. The quantitative estimate of drug-likeness (QED) is 0.735. The summed E-state index contributed by atoms with van der Waals surface area (Å²) in [5.41, 5.74) is 2.96. The van der Waals surface area contributed by atoms with Crippen LogP contribution in [0, 0.1) is 13.8 Å². The molecule has 2 aliphatic rings. The average Bonchev–Trinajstić information content (AvgIpc) is 3.09. The fraction of sp³-hybridized carbons (Fsp3) is 0.435. The standard InChI is InChI=1S/C23H29N3O3S/c1-18-8-9-22(19(2)16-18)30(28,29)25-12-10-21(11-13-25)26-15-14-24(23(26)27)17-20-6-4-3-5-7-20/h3-9,16,21H,10-15,17H2,1-2H3. The molecule has 0 atom stereocenters. The molecule has 7 heteroatoms. The molecule has 0 spiro atoms. The topological polar surface area (TPSA) is 60.9 Å². The van der Waals surface area contributed by atoms with Crippen molar-refractivity contribution in [1.82, 2.24) is 14.1 Å². The molecule has 2 aliphatic heterocycles. The van der Waals surface area contributed by atoms with Gasteiger partial charge in [0.05, 0.1) is 4.90 Å². The number of piperidine rings is 1. The molecule has 2 aromatic rings. The van der Waals surface area contributed by atoms with E-state index in [2.05, 4.69) is 0 Å². The number of hydrogen-bond donors (Lipinski definition) is 0. The molecule has 30 heavy (non-hydrogen) atoms. The van der Waals surface area contributed by atoms with Gasteiger partial charge in [-0.1, -0.05) is 48.0 Å². The Bertz CT molecular complexity index is 1020. The van der Waals surface area contributed by atoms with Gasteiger partial charge in [-0.05, 0) is 43.9 Å². The predicted molar refractivity (Wildman–Crippen MR) is 117 cm³/mol. The van der Waals surface area contributed by atoms with Gasteiger partial charge >= 0.3 is 6.03 Å². The first-order valence-electron chi connectivity index (χ1n) is 10.5. The molecule has 4 rings (SSSR count). The third kappa shape index (κ3) is 4.09. The summed E-state index contributed by atoms with van der Waals surface area (Å²) in [4.78, 5) is 17.1. The molecule has 0 aliphatic carbocycles. The second-order valence-electron chi connectivity index (χ2n) is 8.29. The van der Waals surface area contributed by atoms with E-state index in [-0.39, 0.29) is 12.1 Å². The number of carbonyl (C=O) groups excluding carboxylic acids is 1. The third-order valence-corrected chi connectivity index (χ3v) is 8.21. The Balaban J connectivity index is 1.38. The molecule has 0 aromatic heterocycles. The summed E-state index contributed by atoms with van der Waals surface area (Å²) in [5, 5.41) is 0. The molecule has 2 aromatic carbocycles. The molecule has 2 amide bonds. The fourth-order valence-electron chi connectivity index (χ4n) is 4.51. The summed E-state index contributed by atoms with van der Waals surface area (Å²) in [6, 6.07) is 15.6. The van der Waals surface area contributed by atoms with Crippen LogP contribution in [0.15, 0.2) is 53.4 Å². The van der Waals surface area contributed by atoms with Crippen LogP contribution in [-0.2, 0) is 16.6 Å². The van der Waals surface area contributed by atoms with Crippen molar-refractivity contribution in [2.24, 2.45) is 0 Å². The number of urea groups is 1. The molecule has 0 N–H and O–H groups in total. The molecule has 2 heterocycles. The first-order valence-corrected chi connectivity index (χ1v) is 12.0. The summed E-state index contributed by atoms with van der Waals surface area (Å²) in [7, 11) is -3.50. The zero-order valence-corrected chi connectivity index (χ0v) is 18.4. The van der Waals surface area contributed by atoms with Gasteiger partial charge in [-0.25, -0.2) is 13.2 Å². The maximum Gasteiger partial charge on any atom is 0.320 e. The van der Waals surface area contributed by atoms with Crippen molar-refractivity contribution in [3.63, 3.8) is 0 Å². The minimum absolute atomic E-state index is 0.0644. The van der Waals surface area contributed by atoms with Crippen LogP contribution in [0.2, 0.25) is 0 Å². The zero-order chi connectivity index (χ0) is 21.3. The highest BCUT2D eigenvalue weighted by molar-refractivity contribution is 7.89. The van der Waals surface area contributed by atoms with Crippen LogP contribution in [0.25, 0.3) is 0 Å². The second kappa shape index (κ2) is 8.40. The van der Waals surface area contributed by atoms with E-state index in [0.29, 0.717) is 43.9 Å². The van der Waals surface area contributed by atoms with Crippen molar-refractivity contribution < 1.29 is 13.2 Å². The van der Waals surface area contributed by atoms with Crippen molar-refractivity contribution in [2.45, 2.75) is 44.2 Å². The Labute approximate surface area is 179 Å². The van der Waals surface area contributed by atoms with Gasteiger partial charge in [0.1, 0.15) is 0 Å². The molecular formula is C23H29N3O3S. The van der Waals surface area contributed by atoms with Crippen LogP contribution in [0.4, 0.5) is 4.79 Å². The number of rotatable bonds is 5. The maximum atomic E-state index is 13.1. The van der Waals surface area contributed by atoms with Crippen molar-refractivity contribution in [3.8, 4) is 0 Å². The predicted octanol–water partition coefficient (Wildman–Crippen LogP) is 3.39. The number of nitrogens with zero attached hydrogens (tertiary/aromatic N) is 3. The van der Waals surface area contributed by atoms with E-state index in [4.69, 9.17) is 0 Å². The normalized spacial score (nSPS) is 18.9. The largest absolute Gasteiger partial charge is 0.320 e. The van der Waals surface area contributed by atoms with E-state index >= 15 is 0 Å². The highest BCUT2D eigenvalue weighted by Crippen LogP contribution is 2.27. The number of aryl methyl sites for hydroxylation is 2. The number of hydrogen-bond acceptors (Lipinski definition) is 3. The van der Waals surface area contributed by atoms with Gasteiger partial charge in [-0.15, -0.1) is 0 Å². The van der Waals surface area contributed by atoms with E-state index in [1.54, 1.807) is 10.4 Å². The average molecular weight is 428 g/mol. The summed E-state index contributed by atoms with van der Waals surface area (Å²) in [6.45, 7) is 6.75. The third-order valence-electron chi connectivity index (χ3n) is 6.16. The number of carbonyl (C=O) groups is 1. The van der Waals surface area contributed by atoms with Crippen molar-refractivity contribution >= 4 is 16.1 Å². The molecule has 160 valence electrons. The van der Waals surface area contributed by atoms with Gasteiger partial charge < -0.3 is 9.80 Å². The molecule has 0 unspecified atom stereocenters. The SMILES string of the molecule is Cc1ccc(S(=O)(=O)N2CCC(N3CCN(Cc4ccccc4)C3=O)CC2)c(C)c1. The van der Waals surface area contributed by atoms with E-state index in [1.165, 1.54) is 0 Å². The highest BCUT2D eigenvalue weighted by Gasteiger charge is 2.37. The summed E-state index contributed by atoms with van der Waals surface area (Å²) >= 11 is 0. The summed E-state index contributed by atoms with van der Waals surface area (Å²) in [6.07, 6.45) is 1.35. The lowest BCUT2D eigenvalue weighted by Gasteiger charge is -2.36. The Kier molecular flexibility index (Phi) is 5.84. The first-order chi connectivity index (χ1) is 14.4. The molecule has 0 bridgehead atoms. The summed E-state index contributed by atoms with van der Waals surface area (Å²) < 4.78 is 27.8. The van der Waals surface area contributed by atoms with Gasteiger partial charge in [0.2, 0.25) is 10.0 Å². The number of benzene rings is 2. The van der Waals surface area contributed by atoms with Crippen LogP contribution in [0.3, 0.4) is 0 Å². The highest BCUT2D eigenvalue weighted by atomic mass is 32.2. The fourth-order valence-corrected chi connectivity index (χ4v) is 6.19. The van der Waals surface area contributed by atoms with Gasteiger partial charge in [-0.2, -0.15) is 4.31 Å². The van der Waals surface area contributed by atoms with Crippen LogP contribution >= 0.6 is 0 Å². The van der Waals surface area contributed by atoms with E-state index in [0.717, 1.165) is 23.2 Å². The Morgan fingerprint density at radius 3 is 2.30 bits per heavy atom. The first kappa shape index (κ1) is 20.9. The van der Waals surface area contributed by atoms with E-state index in [9.17, 15) is 13.2 Å². The van der Waals surface area contributed by atoms with Gasteiger partial charge in [0, 0.05) is 38.8 Å². The maximum absolute atomic E-state index is 13.1. The summed E-state index contributed by atoms with van der Waals surface area (Å²) in [5.74, 6) is 0. The van der Waals surface area contributed by atoms with Gasteiger partial charge in [0.25, 0.3) is 0 Å². The molecule has 2 fully saturated rings. The lowest BCUT2D eigenvalue weighted by atomic mass is 10.1. The Morgan fingerprint density at radius 1 is 0.933 bits per heavy atom. The van der Waals surface area contributed by atoms with Gasteiger partial charge in [-0.3, -0.25) is 0 Å². The minimum Gasteiger partial charge on any atom is -0.320 e. The second-order valence-corrected chi connectivity index (χ2v) is 10.2.